The van der Waals surface area contributed by atoms with Crippen molar-refractivity contribution < 1.29 is 9.90 Å². The molecule has 0 aliphatic rings. The van der Waals surface area contributed by atoms with Crippen LogP contribution in [0, 0.1) is 19.3 Å². The van der Waals surface area contributed by atoms with E-state index < -0.39 is 11.4 Å². The molecule has 1 rings (SSSR count). The van der Waals surface area contributed by atoms with Gasteiger partial charge in [0.15, 0.2) is 0 Å². The molecule has 0 aromatic heterocycles. The molecule has 0 amide bonds. The summed E-state index contributed by atoms with van der Waals surface area (Å²) in [5.74, 6) is -0.830. The van der Waals surface area contributed by atoms with E-state index in [0.29, 0.717) is 6.42 Å². The molecule has 1 N–H and O–H groups in total. The minimum Gasteiger partial charge on any atom is -0.481 e. The van der Waals surface area contributed by atoms with Crippen LogP contribution in [0.4, 0.5) is 0 Å². The maximum Gasteiger partial charge on any atom is 0.313 e. The summed E-state index contributed by atoms with van der Waals surface area (Å²) in [6.45, 7) is 9.33. The molecule has 0 aliphatic heterocycles. The second kappa shape index (κ2) is 4.52. The lowest BCUT2D eigenvalue weighted by atomic mass is 9.82. The minimum atomic E-state index is -0.890. The summed E-state index contributed by atoms with van der Waals surface area (Å²) in [5.41, 5.74) is 2.46. The van der Waals surface area contributed by atoms with E-state index in [2.05, 4.69) is 6.58 Å². The predicted octanol–water partition coefficient (Wildman–Crippen LogP) is 3.12. The largest absolute Gasteiger partial charge is 0.481 e. The molecule has 0 fully saturated rings. The van der Waals surface area contributed by atoms with E-state index in [1.165, 1.54) is 6.08 Å². The Labute approximate surface area is 96.6 Å². The van der Waals surface area contributed by atoms with Gasteiger partial charge in [-0.15, -0.1) is 6.58 Å². The van der Waals surface area contributed by atoms with Gasteiger partial charge in [0.1, 0.15) is 0 Å². The maximum atomic E-state index is 11.2. The first-order valence-corrected chi connectivity index (χ1v) is 5.32. The zero-order chi connectivity index (χ0) is 12.3. The van der Waals surface area contributed by atoms with Gasteiger partial charge in [0.25, 0.3) is 0 Å². The van der Waals surface area contributed by atoms with E-state index in [1.54, 1.807) is 6.92 Å². The van der Waals surface area contributed by atoms with Gasteiger partial charge >= 0.3 is 5.97 Å². The second-order valence-corrected chi connectivity index (χ2v) is 4.53. The van der Waals surface area contributed by atoms with Crippen molar-refractivity contribution >= 4 is 5.97 Å². The lowest BCUT2D eigenvalue weighted by molar-refractivity contribution is -0.145. The minimum absolute atomic E-state index is 0.485. The SMILES string of the molecule is C=CC(C)(Cc1cc(C)ccc1C)C(=O)O. The number of hydrogen-bond donors (Lipinski definition) is 1. The molecule has 0 saturated heterocycles. The third-order valence-electron chi connectivity index (χ3n) is 3.00. The van der Waals surface area contributed by atoms with E-state index in [4.69, 9.17) is 0 Å². The van der Waals surface area contributed by atoms with Crippen LogP contribution in [-0.2, 0) is 11.2 Å². The number of benzene rings is 1. The highest BCUT2D eigenvalue weighted by atomic mass is 16.4. The van der Waals surface area contributed by atoms with Gasteiger partial charge in [0.05, 0.1) is 5.41 Å². The van der Waals surface area contributed by atoms with Crippen molar-refractivity contribution in [2.24, 2.45) is 5.41 Å². The molecule has 1 atom stereocenters. The van der Waals surface area contributed by atoms with Crippen molar-refractivity contribution in [2.45, 2.75) is 27.2 Å². The van der Waals surface area contributed by atoms with Crippen LogP contribution >= 0.6 is 0 Å². The van der Waals surface area contributed by atoms with E-state index in [-0.39, 0.29) is 0 Å². The van der Waals surface area contributed by atoms with Crippen LogP contribution in [0.25, 0.3) is 0 Å². The molecule has 0 aliphatic carbocycles. The first kappa shape index (κ1) is 12.5. The summed E-state index contributed by atoms with van der Waals surface area (Å²) < 4.78 is 0. The van der Waals surface area contributed by atoms with Crippen molar-refractivity contribution in [3.8, 4) is 0 Å². The molecule has 0 spiro atoms. The van der Waals surface area contributed by atoms with Gasteiger partial charge in [-0.2, -0.15) is 0 Å². The van der Waals surface area contributed by atoms with Gasteiger partial charge in [-0.1, -0.05) is 29.8 Å². The fourth-order valence-corrected chi connectivity index (χ4v) is 1.62. The van der Waals surface area contributed by atoms with Crippen LogP contribution in [0.1, 0.15) is 23.6 Å². The number of rotatable bonds is 4. The first-order chi connectivity index (χ1) is 7.39. The first-order valence-electron chi connectivity index (χ1n) is 5.32. The zero-order valence-corrected chi connectivity index (χ0v) is 10.1. The number of carbonyl (C=O) groups is 1. The number of carboxylic acids is 1. The molecule has 1 unspecified atom stereocenters. The Kier molecular flexibility index (Phi) is 3.53. The topological polar surface area (TPSA) is 37.3 Å². The molecular weight excluding hydrogens is 200 g/mol. The number of aliphatic carboxylic acids is 1. The molecular formula is C14H18O2. The van der Waals surface area contributed by atoms with Crippen LogP contribution in [0.15, 0.2) is 30.9 Å². The Hall–Kier alpha value is -1.57. The average Bonchev–Trinajstić information content (AvgIpc) is 2.23. The summed E-state index contributed by atoms with van der Waals surface area (Å²) in [5, 5.41) is 9.18. The van der Waals surface area contributed by atoms with Crippen molar-refractivity contribution in [1.29, 1.82) is 0 Å². The lowest BCUT2D eigenvalue weighted by Gasteiger charge is -2.21. The smallest absolute Gasteiger partial charge is 0.313 e. The van der Waals surface area contributed by atoms with Crippen LogP contribution in [0.2, 0.25) is 0 Å². The van der Waals surface area contributed by atoms with Gasteiger partial charge in [-0.3, -0.25) is 4.79 Å². The Morgan fingerprint density at radius 1 is 1.50 bits per heavy atom. The number of aryl methyl sites for hydroxylation is 2. The molecule has 2 heteroatoms. The average molecular weight is 218 g/mol. The van der Waals surface area contributed by atoms with Crippen LogP contribution in [0.3, 0.4) is 0 Å². The Balaban J connectivity index is 3.07. The zero-order valence-electron chi connectivity index (χ0n) is 10.1. The van der Waals surface area contributed by atoms with E-state index in [1.807, 2.05) is 32.0 Å². The lowest BCUT2D eigenvalue weighted by Crippen LogP contribution is -2.27. The molecule has 1 aromatic carbocycles. The predicted molar refractivity (Wildman–Crippen MR) is 65.6 cm³/mol. The second-order valence-electron chi connectivity index (χ2n) is 4.53. The highest BCUT2D eigenvalue weighted by Crippen LogP contribution is 2.26. The van der Waals surface area contributed by atoms with Gasteiger partial charge in [-0.05, 0) is 38.3 Å². The van der Waals surface area contributed by atoms with Gasteiger partial charge in [0, 0.05) is 0 Å². The summed E-state index contributed by atoms with van der Waals surface area (Å²) >= 11 is 0. The number of carboxylic acid groups (broad SMARTS) is 1. The van der Waals surface area contributed by atoms with E-state index in [9.17, 15) is 9.90 Å². The third-order valence-corrected chi connectivity index (χ3v) is 3.00. The van der Waals surface area contributed by atoms with Gasteiger partial charge in [0.2, 0.25) is 0 Å². The molecule has 0 radical (unpaired) electrons. The Bertz CT molecular complexity index is 421. The third kappa shape index (κ3) is 2.51. The molecule has 0 heterocycles. The fourth-order valence-electron chi connectivity index (χ4n) is 1.62. The van der Waals surface area contributed by atoms with Crippen molar-refractivity contribution in [3.63, 3.8) is 0 Å². The maximum absolute atomic E-state index is 11.2. The van der Waals surface area contributed by atoms with E-state index >= 15 is 0 Å². The Morgan fingerprint density at radius 3 is 2.62 bits per heavy atom. The van der Waals surface area contributed by atoms with Crippen LogP contribution in [-0.4, -0.2) is 11.1 Å². The highest BCUT2D eigenvalue weighted by molar-refractivity contribution is 5.77. The number of hydrogen-bond acceptors (Lipinski definition) is 1. The van der Waals surface area contributed by atoms with Crippen molar-refractivity contribution in [3.05, 3.63) is 47.5 Å². The Morgan fingerprint density at radius 2 is 2.12 bits per heavy atom. The molecule has 0 saturated carbocycles. The summed E-state index contributed by atoms with van der Waals surface area (Å²) in [6.07, 6.45) is 2.00. The standard InChI is InChI=1S/C14H18O2/c1-5-14(4,13(15)16)9-12-8-10(2)6-7-11(12)3/h5-8H,1,9H2,2-4H3,(H,15,16). The van der Waals surface area contributed by atoms with E-state index in [0.717, 1.165) is 16.7 Å². The van der Waals surface area contributed by atoms with Crippen LogP contribution in [0.5, 0.6) is 0 Å². The van der Waals surface area contributed by atoms with Crippen molar-refractivity contribution in [1.82, 2.24) is 0 Å². The molecule has 0 bridgehead atoms. The van der Waals surface area contributed by atoms with Gasteiger partial charge in [-0.25, -0.2) is 0 Å². The quantitative estimate of drug-likeness (QED) is 0.788. The summed E-state index contributed by atoms with van der Waals surface area (Å²) in [4.78, 5) is 11.2. The monoisotopic (exact) mass is 218 g/mol. The molecule has 16 heavy (non-hydrogen) atoms. The fraction of sp³-hybridized carbons (Fsp3) is 0.357. The normalized spacial score (nSPS) is 14.2. The van der Waals surface area contributed by atoms with Gasteiger partial charge < -0.3 is 5.11 Å². The highest BCUT2D eigenvalue weighted by Gasteiger charge is 2.30. The molecule has 2 nitrogen and oxygen atoms in total. The molecule has 1 aromatic rings. The molecule has 86 valence electrons. The summed E-state index contributed by atoms with van der Waals surface area (Å²) in [7, 11) is 0. The van der Waals surface area contributed by atoms with Crippen LogP contribution < -0.4 is 0 Å². The summed E-state index contributed by atoms with van der Waals surface area (Å²) in [6, 6.07) is 6.10. The van der Waals surface area contributed by atoms with Crippen molar-refractivity contribution in [2.75, 3.05) is 0 Å².